The standard InChI is InChI=1S/C19H30N4O2/c1-20-19(22-13-18-7-4-10-25-18)21-12-15-8-9-23(14-15)16-5-3-6-17(11-16)24-2/h3,5-6,11,15,18H,4,7-10,12-14H2,1-2H3,(H2,20,21,22). The Balaban J connectivity index is 1.42. The van der Waals surface area contributed by atoms with Gasteiger partial charge in [-0.1, -0.05) is 6.07 Å². The molecule has 25 heavy (non-hydrogen) atoms. The highest BCUT2D eigenvalue weighted by atomic mass is 16.5. The van der Waals surface area contributed by atoms with E-state index in [-0.39, 0.29) is 0 Å². The number of guanidine groups is 1. The first-order valence-corrected chi connectivity index (χ1v) is 9.23. The second-order valence-electron chi connectivity index (χ2n) is 6.77. The summed E-state index contributed by atoms with van der Waals surface area (Å²) in [5, 5.41) is 6.84. The van der Waals surface area contributed by atoms with Crippen LogP contribution in [-0.4, -0.2) is 59.0 Å². The van der Waals surface area contributed by atoms with E-state index in [1.54, 1.807) is 7.11 Å². The Morgan fingerprint density at radius 1 is 1.32 bits per heavy atom. The molecule has 0 amide bonds. The van der Waals surface area contributed by atoms with E-state index in [1.165, 1.54) is 18.5 Å². The Hall–Kier alpha value is -1.95. The Kier molecular flexibility index (Phi) is 6.39. The zero-order valence-corrected chi connectivity index (χ0v) is 15.3. The summed E-state index contributed by atoms with van der Waals surface area (Å²) in [6, 6.07) is 8.30. The van der Waals surface area contributed by atoms with Crippen LogP contribution in [0.4, 0.5) is 5.69 Å². The Morgan fingerprint density at radius 3 is 2.96 bits per heavy atom. The van der Waals surface area contributed by atoms with Crippen molar-refractivity contribution >= 4 is 11.6 Å². The van der Waals surface area contributed by atoms with Crippen LogP contribution >= 0.6 is 0 Å². The van der Waals surface area contributed by atoms with Crippen LogP contribution in [0.3, 0.4) is 0 Å². The normalized spacial score (nSPS) is 23.8. The maximum absolute atomic E-state index is 5.65. The topological polar surface area (TPSA) is 58.1 Å². The van der Waals surface area contributed by atoms with E-state index in [0.29, 0.717) is 12.0 Å². The van der Waals surface area contributed by atoms with E-state index in [2.05, 4.69) is 38.7 Å². The summed E-state index contributed by atoms with van der Waals surface area (Å²) in [7, 11) is 3.53. The van der Waals surface area contributed by atoms with Gasteiger partial charge in [0.15, 0.2) is 5.96 Å². The summed E-state index contributed by atoms with van der Waals surface area (Å²) in [5.41, 5.74) is 1.24. The predicted molar refractivity (Wildman–Crippen MR) is 102 cm³/mol. The molecule has 0 bridgehead atoms. The molecule has 3 rings (SSSR count). The van der Waals surface area contributed by atoms with Crippen molar-refractivity contribution in [1.82, 2.24) is 10.6 Å². The van der Waals surface area contributed by atoms with Crippen molar-refractivity contribution in [2.45, 2.75) is 25.4 Å². The molecule has 2 aliphatic rings. The number of methoxy groups -OCH3 is 1. The van der Waals surface area contributed by atoms with Crippen molar-refractivity contribution in [3.05, 3.63) is 24.3 Å². The van der Waals surface area contributed by atoms with Crippen LogP contribution in [0.5, 0.6) is 5.75 Å². The fraction of sp³-hybridized carbons (Fsp3) is 0.632. The zero-order chi connectivity index (χ0) is 17.5. The molecule has 0 aliphatic carbocycles. The van der Waals surface area contributed by atoms with Crippen molar-refractivity contribution in [3.8, 4) is 5.75 Å². The van der Waals surface area contributed by atoms with Gasteiger partial charge in [-0.15, -0.1) is 0 Å². The van der Waals surface area contributed by atoms with E-state index in [0.717, 1.165) is 50.9 Å². The minimum absolute atomic E-state index is 0.327. The van der Waals surface area contributed by atoms with Crippen molar-refractivity contribution in [2.75, 3.05) is 51.8 Å². The van der Waals surface area contributed by atoms with Gasteiger partial charge in [-0.05, 0) is 37.3 Å². The highest BCUT2D eigenvalue weighted by Gasteiger charge is 2.23. The number of hydrogen-bond donors (Lipinski definition) is 2. The van der Waals surface area contributed by atoms with Gasteiger partial charge in [0, 0.05) is 51.6 Å². The average Bonchev–Trinajstić information content (AvgIpc) is 3.34. The Labute approximate surface area is 150 Å². The molecule has 1 aromatic rings. The lowest BCUT2D eigenvalue weighted by atomic mass is 10.1. The van der Waals surface area contributed by atoms with E-state index < -0.39 is 0 Å². The van der Waals surface area contributed by atoms with Gasteiger partial charge in [0.2, 0.25) is 0 Å². The van der Waals surface area contributed by atoms with Crippen molar-refractivity contribution in [3.63, 3.8) is 0 Å². The molecule has 2 aliphatic heterocycles. The van der Waals surface area contributed by atoms with Gasteiger partial charge >= 0.3 is 0 Å². The molecule has 2 atom stereocenters. The summed E-state index contributed by atoms with van der Waals surface area (Å²) in [6.07, 6.45) is 3.82. The third kappa shape index (κ3) is 5.01. The van der Waals surface area contributed by atoms with E-state index in [4.69, 9.17) is 9.47 Å². The molecule has 0 radical (unpaired) electrons. The van der Waals surface area contributed by atoms with Gasteiger partial charge < -0.3 is 25.0 Å². The van der Waals surface area contributed by atoms with Crippen LogP contribution < -0.4 is 20.3 Å². The molecule has 2 unspecified atom stereocenters. The van der Waals surface area contributed by atoms with Gasteiger partial charge in [0.1, 0.15) is 5.75 Å². The number of benzene rings is 1. The summed E-state index contributed by atoms with van der Waals surface area (Å²) in [5.74, 6) is 2.40. The third-order valence-corrected chi connectivity index (χ3v) is 5.01. The van der Waals surface area contributed by atoms with Crippen LogP contribution in [0.2, 0.25) is 0 Å². The summed E-state index contributed by atoms with van der Waals surface area (Å²) >= 11 is 0. The number of rotatable bonds is 6. The van der Waals surface area contributed by atoms with E-state index in [1.807, 2.05) is 13.1 Å². The molecule has 0 saturated carbocycles. The molecule has 2 saturated heterocycles. The molecule has 6 heteroatoms. The van der Waals surface area contributed by atoms with Gasteiger partial charge in [0.05, 0.1) is 13.2 Å². The highest BCUT2D eigenvalue weighted by Crippen LogP contribution is 2.26. The van der Waals surface area contributed by atoms with E-state index in [9.17, 15) is 0 Å². The molecule has 0 spiro atoms. The van der Waals surface area contributed by atoms with Gasteiger partial charge in [-0.3, -0.25) is 4.99 Å². The maximum atomic E-state index is 5.65. The molecule has 2 fully saturated rings. The first-order chi connectivity index (χ1) is 12.3. The smallest absolute Gasteiger partial charge is 0.191 e. The number of nitrogens with one attached hydrogen (secondary N) is 2. The summed E-state index contributed by atoms with van der Waals surface area (Å²) in [6.45, 7) is 4.80. The summed E-state index contributed by atoms with van der Waals surface area (Å²) in [4.78, 5) is 6.75. The van der Waals surface area contributed by atoms with Crippen LogP contribution in [-0.2, 0) is 4.74 Å². The van der Waals surface area contributed by atoms with Crippen LogP contribution in [0.15, 0.2) is 29.3 Å². The number of anilines is 1. The second kappa shape index (κ2) is 8.94. The molecule has 1 aromatic carbocycles. The fourth-order valence-electron chi connectivity index (χ4n) is 3.52. The van der Waals surface area contributed by atoms with Crippen LogP contribution in [0, 0.1) is 5.92 Å². The second-order valence-corrected chi connectivity index (χ2v) is 6.77. The van der Waals surface area contributed by atoms with Crippen molar-refractivity contribution in [1.29, 1.82) is 0 Å². The number of aliphatic imine (C=N–C) groups is 1. The van der Waals surface area contributed by atoms with Crippen LogP contribution in [0.1, 0.15) is 19.3 Å². The van der Waals surface area contributed by atoms with Gasteiger partial charge in [0.25, 0.3) is 0 Å². The minimum Gasteiger partial charge on any atom is -0.497 e. The van der Waals surface area contributed by atoms with E-state index >= 15 is 0 Å². The lowest BCUT2D eigenvalue weighted by Crippen LogP contribution is -2.43. The van der Waals surface area contributed by atoms with Crippen molar-refractivity contribution in [2.24, 2.45) is 10.9 Å². The number of nitrogens with zero attached hydrogens (tertiary/aromatic N) is 2. The number of hydrogen-bond acceptors (Lipinski definition) is 4. The van der Waals surface area contributed by atoms with Gasteiger partial charge in [-0.25, -0.2) is 0 Å². The van der Waals surface area contributed by atoms with Gasteiger partial charge in [-0.2, -0.15) is 0 Å². The fourth-order valence-corrected chi connectivity index (χ4v) is 3.52. The number of ether oxygens (including phenoxy) is 2. The molecular formula is C19H30N4O2. The molecule has 2 N–H and O–H groups in total. The Bertz CT molecular complexity index is 572. The first-order valence-electron chi connectivity index (χ1n) is 9.23. The molecule has 138 valence electrons. The lowest BCUT2D eigenvalue weighted by molar-refractivity contribution is 0.114. The monoisotopic (exact) mass is 346 g/mol. The SMILES string of the molecule is CN=C(NCC1CCN(c2cccc(OC)c2)C1)NCC1CCCO1. The quantitative estimate of drug-likeness (QED) is 0.608. The van der Waals surface area contributed by atoms with Crippen LogP contribution in [0.25, 0.3) is 0 Å². The zero-order valence-electron chi connectivity index (χ0n) is 15.3. The first kappa shape index (κ1) is 17.9. The minimum atomic E-state index is 0.327. The lowest BCUT2D eigenvalue weighted by Gasteiger charge is -2.20. The largest absolute Gasteiger partial charge is 0.497 e. The maximum Gasteiger partial charge on any atom is 0.191 e. The average molecular weight is 346 g/mol. The molecule has 2 heterocycles. The molecular weight excluding hydrogens is 316 g/mol. The molecule has 0 aromatic heterocycles. The van der Waals surface area contributed by atoms with Crippen molar-refractivity contribution < 1.29 is 9.47 Å². The predicted octanol–water partition coefficient (Wildman–Crippen LogP) is 1.87. The summed E-state index contributed by atoms with van der Waals surface area (Å²) < 4.78 is 11.0. The molecule has 6 nitrogen and oxygen atoms in total. The Morgan fingerprint density at radius 2 is 2.20 bits per heavy atom. The third-order valence-electron chi connectivity index (χ3n) is 5.01. The highest BCUT2D eigenvalue weighted by molar-refractivity contribution is 5.79.